The first-order valence-electron chi connectivity index (χ1n) is 6.70. The van der Waals surface area contributed by atoms with Crippen LogP contribution in [-0.2, 0) is 6.54 Å². The van der Waals surface area contributed by atoms with Crippen LogP contribution < -0.4 is 5.32 Å². The molecule has 1 aliphatic rings. The molecule has 3 rings (SSSR count). The fraction of sp³-hybridized carbons (Fsp3) is 0.250. The van der Waals surface area contributed by atoms with Crippen LogP contribution >= 0.6 is 15.9 Å². The van der Waals surface area contributed by atoms with E-state index in [0.717, 1.165) is 10.0 Å². The van der Waals surface area contributed by atoms with Gasteiger partial charge < -0.3 is 5.32 Å². The first-order valence-corrected chi connectivity index (χ1v) is 7.50. The summed E-state index contributed by atoms with van der Waals surface area (Å²) in [5, 5.41) is 2.93. The monoisotopic (exact) mass is 330 g/mol. The van der Waals surface area contributed by atoms with Crippen molar-refractivity contribution in [2.24, 2.45) is 0 Å². The van der Waals surface area contributed by atoms with Gasteiger partial charge in [-0.15, -0.1) is 0 Å². The molecule has 0 atom stereocenters. The molecule has 1 saturated carbocycles. The minimum absolute atomic E-state index is 0.0747. The van der Waals surface area contributed by atoms with E-state index in [-0.39, 0.29) is 5.91 Å². The van der Waals surface area contributed by atoms with Gasteiger partial charge in [0.2, 0.25) is 0 Å². The summed E-state index contributed by atoms with van der Waals surface area (Å²) in [6.07, 6.45) is 6.26. The van der Waals surface area contributed by atoms with Gasteiger partial charge in [-0.05, 0) is 57.9 Å². The third kappa shape index (κ3) is 3.07. The van der Waals surface area contributed by atoms with E-state index in [1.165, 1.54) is 18.4 Å². The van der Waals surface area contributed by atoms with E-state index in [1.54, 1.807) is 6.07 Å². The zero-order chi connectivity index (χ0) is 13.9. The van der Waals surface area contributed by atoms with E-state index < -0.39 is 0 Å². The molecule has 0 aliphatic heterocycles. The maximum atomic E-state index is 12.1. The van der Waals surface area contributed by atoms with Gasteiger partial charge in [0.15, 0.2) is 0 Å². The second-order valence-electron chi connectivity index (χ2n) is 5.06. The molecule has 102 valence electrons. The molecule has 1 amide bonds. The molecule has 0 spiro atoms. The highest BCUT2D eigenvalue weighted by Gasteiger charge is 2.23. The number of benzene rings is 1. The zero-order valence-electron chi connectivity index (χ0n) is 11.0. The molecule has 1 heterocycles. The van der Waals surface area contributed by atoms with Gasteiger partial charge in [0.05, 0.1) is 5.56 Å². The summed E-state index contributed by atoms with van der Waals surface area (Å²) in [7, 11) is 0. The van der Waals surface area contributed by atoms with Crippen molar-refractivity contribution in [1.29, 1.82) is 0 Å². The average Bonchev–Trinajstić information content (AvgIpc) is 3.30. The summed E-state index contributed by atoms with van der Waals surface area (Å²) in [6, 6.07) is 9.56. The summed E-state index contributed by atoms with van der Waals surface area (Å²) in [5.41, 5.74) is 2.99. The largest absolute Gasteiger partial charge is 0.348 e. The Balaban J connectivity index is 1.66. The fourth-order valence-corrected chi connectivity index (χ4v) is 2.63. The van der Waals surface area contributed by atoms with Gasteiger partial charge in [-0.2, -0.15) is 0 Å². The Morgan fingerprint density at radius 1 is 1.30 bits per heavy atom. The fourth-order valence-electron chi connectivity index (χ4n) is 2.17. The number of aromatic nitrogens is 1. The SMILES string of the molecule is O=C(NCc1cncc(C2CC2)c1)c1ccccc1Br. The van der Waals surface area contributed by atoms with Crippen LogP contribution in [0.1, 0.15) is 40.2 Å². The Morgan fingerprint density at radius 3 is 2.85 bits per heavy atom. The number of rotatable bonds is 4. The van der Waals surface area contributed by atoms with Crippen molar-refractivity contribution in [3.63, 3.8) is 0 Å². The van der Waals surface area contributed by atoms with E-state index in [1.807, 2.05) is 30.6 Å². The summed E-state index contributed by atoms with van der Waals surface area (Å²) in [6.45, 7) is 0.508. The molecule has 0 unspecified atom stereocenters. The number of hydrogen-bond donors (Lipinski definition) is 1. The molecule has 1 N–H and O–H groups in total. The Hall–Kier alpha value is -1.68. The van der Waals surface area contributed by atoms with Crippen LogP contribution in [0.3, 0.4) is 0 Å². The lowest BCUT2D eigenvalue weighted by molar-refractivity contribution is 0.0950. The molecule has 4 heteroatoms. The predicted octanol–water partition coefficient (Wildman–Crippen LogP) is 3.65. The van der Waals surface area contributed by atoms with Crippen LogP contribution in [-0.4, -0.2) is 10.9 Å². The summed E-state index contributed by atoms with van der Waals surface area (Å²) in [5.74, 6) is 0.607. The van der Waals surface area contributed by atoms with E-state index in [2.05, 4.69) is 32.3 Å². The average molecular weight is 331 g/mol. The lowest BCUT2D eigenvalue weighted by atomic mass is 10.1. The molecule has 1 aromatic heterocycles. The lowest BCUT2D eigenvalue weighted by Crippen LogP contribution is -2.23. The number of carbonyl (C=O) groups is 1. The number of amides is 1. The quantitative estimate of drug-likeness (QED) is 0.929. The topological polar surface area (TPSA) is 42.0 Å². The number of halogens is 1. The van der Waals surface area contributed by atoms with Gasteiger partial charge >= 0.3 is 0 Å². The lowest BCUT2D eigenvalue weighted by Gasteiger charge is -2.07. The standard InChI is InChI=1S/C16H15BrN2O/c17-15-4-2-1-3-14(15)16(20)19-9-11-7-13(10-18-8-11)12-5-6-12/h1-4,7-8,10,12H,5-6,9H2,(H,19,20). The van der Waals surface area contributed by atoms with Crippen molar-refractivity contribution in [2.75, 3.05) is 0 Å². The second-order valence-corrected chi connectivity index (χ2v) is 5.92. The van der Waals surface area contributed by atoms with Gasteiger partial charge in [0, 0.05) is 23.4 Å². The zero-order valence-corrected chi connectivity index (χ0v) is 12.6. The molecule has 0 saturated heterocycles. The summed E-state index contributed by atoms with van der Waals surface area (Å²) < 4.78 is 0.808. The summed E-state index contributed by atoms with van der Waals surface area (Å²) >= 11 is 3.39. The molecule has 1 aliphatic carbocycles. The van der Waals surface area contributed by atoms with Gasteiger partial charge in [-0.3, -0.25) is 9.78 Å². The molecule has 0 radical (unpaired) electrons. The second kappa shape index (κ2) is 5.75. The van der Waals surface area contributed by atoms with Crippen LogP contribution in [0.25, 0.3) is 0 Å². The normalized spacial score (nSPS) is 14.1. The number of hydrogen-bond acceptors (Lipinski definition) is 2. The molecule has 0 bridgehead atoms. The third-order valence-corrected chi connectivity index (χ3v) is 4.13. The molecule has 1 aromatic carbocycles. The van der Waals surface area contributed by atoms with Crippen molar-refractivity contribution >= 4 is 21.8 Å². The number of carbonyl (C=O) groups excluding carboxylic acids is 1. The van der Waals surface area contributed by atoms with Crippen molar-refractivity contribution in [3.8, 4) is 0 Å². The van der Waals surface area contributed by atoms with Gasteiger partial charge in [0.1, 0.15) is 0 Å². The van der Waals surface area contributed by atoms with Crippen LogP contribution in [0.2, 0.25) is 0 Å². The van der Waals surface area contributed by atoms with E-state index in [0.29, 0.717) is 18.0 Å². The third-order valence-electron chi connectivity index (χ3n) is 3.44. The number of nitrogens with zero attached hydrogens (tertiary/aromatic N) is 1. The van der Waals surface area contributed by atoms with Crippen LogP contribution in [0.5, 0.6) is 0 Å². The van der Waals surface area contributed by atoms with Crippen molar-refractivity contribution < 1.29 is 4.79 Å². The Bertz CT molecular complexity index is 638. The highest BCUT2D eigenvalue weighted by Crippen LogP contribution is 2.39. The highest BCUT2D eigenvalue weighted by atomic mass is 79.9. The van der Waals surface area contributed by atoms with Crippen molar-refractivity contribution in [1.82, 2.24) is 10.3 Å². The molecule has 3 nitrogen and oxygen atoms in total. The Morgan fingerprint density at radius 2 is 2.10 bits per heavy atom. The Kier molecular flexibility index (Phi) is 3.83. The van der Waals surface area contributed by atoms with Crippen LogP contribution in [0, 0.1) is 0 Å². The van der Waals surface area contributed by atoms with E-state index in [9.17, 15) is 4.79 Å². The number of pyridine rings is 1. The first-order chi connectivity index (χ1) is 9.74. The van der Waals surface area contributed by atoms with E-state index in [4.69, 9.17) is 0 Å². The highest BCUT2D eigenvalue weighted by molar-refractivity contribution is 9.10. The van der Waals surface area contributed by atoms with Crippen molar-refractivity contribution in [3.05, 3.63) is 63.9 Å². The van der Waals surface area contributed by atoms with E-state index >= 15 is 0 Å². The van der Waals surface area contributed by atoms with Gasteiger partial charge in [-0.25, -0.2) is 0 Å². The minimum atomic E-state index is -0.0747. The van der Waals surface area contributed by atoms with Gasteiger partial charge in [-0.1, -0.05) is 18.2 Å². The smallest absolute Gasteiger partial charge is 0.252 e. The predicted molar refractivity (Wildman–Crippen MR) is 81.5 cm³/mol. The molecular formula is C16H15BrN2O. The molecule has 2 aromatic rings. The molecular weight excluding hydrogens is 316 g/mol. The van der Waals surface area contributed by atoms with Crippen LogP contribution in [0.15, 0.2) is 47.2 Å². The Labute approximate surface area is 126 Å². The maximum Gasteiger partial charge on any atom is 0.252 e. The van der Waals surface area contributed by atoms with Crippen molar-refractivity contribution in [2.45, 2.75) is 25.3 Å². The maximum absolute atomic E-state index is 12.1. The van der Waals surface area contributed by atoms with Gasteiger partial charge in [0.25, 0.3) is 5.91 Å². The minimum Gasteiger partial charge on any atom is -0.348 e. The molecule has 20 heavy (non-hydrogen) atoms. The van der Waals surface area contributed by atoms with Crippen LogP contribution in [0.4, 0.5) is 0 Å². The molecule has 1 fully saturated rings. The first kappa shape index (κ1) is 13.3. The summed E-state index contributed by atoms with van der Waals surface area (Å²) in [4.78, 5) is 16.4. The number of nitrogens with one attached hydrogen (secondary N) is 1.